The fraction of sp³-hybridized carbons (Fsp3) is 0.208. The molecule has 2 N–H and O–H groups in total. The molecule has 0 saturated carbocycles. The number of fused-ring (bicyclic) bond motifs is 1. The predicted molar refractivity (Wildman–Crippen MR) is 120 cm³/mol. The number of rotatable bonds is 4. The van der Waals surface area contributed by atoms with Gasteiger partial charge in [-0.15, -0.1) is 6.58 Å². The van der Waals surface area contributed by atoms with E-state index >= 15 is 0 Å². The SMILES string of the molecule is C=CC12CC(=CN)C(=Nc3ccc(F)cc3)C=C1CCN(Sc1ccc(F)c(F)c1)C2. The molecule has 0 aromatic heterocycles. The van der Waals surface area contributed by atoms with E-state index in [-0.39, 0.29) is 11.2 Å². The van der Waals surface area contributed by atoms with E-state index in [1.165, 1.54) is 35.7 Å². The molecule has 1 aliphatic heterocycles. The van der Waals surface area contributed by atoms with Crippen LogP contribution >= 0.6 is 11.9 Å². The molecule has 0 radical (unpaired) electrons. The standard InChI is InChI=1S/C24H22F3N3S/c1-2-24-13-16(14-28)23(29-19-5-3-18(25)4-6-19)11-17(24)9-10-30(15-24)31-20-7-8-21(26)22(27)12-20/h2-8,11-12,14H,1,9-10,13,15,28H2. The Bertz CT molecular complexity index is 1090. The molecule has 2 aromatic carbocycles. The highest BCUT2D eigenvalue weighted by molar-refractivity contribution is 7.97. The Morgan fingerprint density at radius 1 is 1.10 bits per heavy atom. The van der Waals surface area contributed by atoms with Crippen molar-refractivity contribution in [3.05, 3.63) is 96.0 Å². The topological polar surface area (TPSA) is 41.6 Å². The van der Waals surface area contributed by atoms with Gasteiger partial charge in [0.15, 0.2) is 11.6 Å². The Hall–Kier alpha value is -2.77. The third-order valence-corrected chi connectivity index (χ3v) is 6.70. The lowest BCUT2D eigenvalue weighted by atomic mass is 9.67. The van der Waals surface area contributed by atoms with Crippen LogP contribution in [0.25, 0.3) is 0 Å². The third-order valence-electron chi connectivity index (χ3n) is 5.67. The van der Waals surface area contributed by atoms with Gasteiger partial charge in [0, 0.05) is 23.4 Å². The zero-order chi connectivity index (χ0) is 22.0. The predicted octanol–water partition coefficient (Wildman–Crippen LogP) is 5.93. The van der Waals surface area contributed by atoms with Gasteiger partial charge in [-0.2, -0.15) is 0 Å². The number of benzene rings is 2. The van der Waals surface area contributed by atoms with E-state index in [0.29, 0.717) is 23.5 Å². The molecule has 7 heteroatoms. The van der Waals surface area contributed by atoms with Gasteiger partial charge in [-0.25, -0.2) is 22.5 Å². The van der Waals surface area contributed by atoms with Crippen LogP contribution < -0.4 is 5.73 Å². The van der Waals surface area contributed by atoms with Gasteiger partial charge in [0.05, 0.1) is 11.4 Å². The normalized spacial score (nSPS) is 24.2. The lowest BCUT2D eigenvalue weighted by Gasteiger charge is -2.45. The highest BCUT2D eigenvalue weighted by Gasteiger charge is 2.41. The highest BCUT2D eigenvalue weighted by Crippen LogP contribution is 2.47. The summed E-state index contributed by atoms with van der Waals surface area (Å²) in [7, 11) is 0. The first-order chi connectivity index (χ1) is 14.9. The van der Waals surface area contributed by atoms with Crippen LogP contribution in [0, 0.1) is 22.9 Å². The van der Waals surface area contributed by atoms with Crippen molar-refractivity contribution in [2.45, 2.75) is 17.7 Å². The molecule has 160 valence electrons. The highest BCUT2D eigenvalue weighted by atomic mass is 32.2. The number of halogens is 3. The molecule has 2 aliphatic rings. The zero-order valence-corrected chi connectivity index (χ0v) is 17.6. The minimum atomic E-state index is -0.853. The Morgan fingerprint density at radius 2 is 1.87 bits per heavy atom. The number of aliphatic imine (C=N–C) groups is 1. The van der Waals surface area contributed by atoms with E-state index < -0.39 is 11.6 Å². The van der Waals surface area contributed by atoms with Gasteiger partial charge < -0.3 is 5.73 Å². The van der Waals surface area contributed by atoms with Gasteiger partial charge in [0.25, 0.3) is 0 Å². The molecule has 31 heavy (non-hydrogen) atoms. The van der Waals surface area contributed by atoms with Crippen LogP contribution in [-0.4, -0.2) is 23.1 Å². The van der Waals surface area contributed by atoms with Gasteiger partial charge in [-0.3, -0.25) is 0 Å². The van der Waals surface area contributed by atoms with Crippen LogP contribution in [0.5, 0.6) is 0 Å². The van der Waals surface area contributed by atoms with Gasteiger partial charge in [-0.1, -0.05) is 11.6 Å². The van der Waals surface area contributed by atoms with Crippen molar-refractivity contribution >= 4 is 23.3 Å². The fourth-order valence-electron chi connectivity index (χ4n) is 3.99. The van der Waals surface area contributed by atoms with Gasteiger partial charge in [0.2, 0.25) is 0 Å². The quantitative estimate of drug-likeness (QED) is 0.472. The monoisotopic (exact) mass is 441 g/mol. The lowest BCUT2D eigenvalue weighted by molar-refractivity contribution is 0.278. The lowest BCUT2D eigenvalue weighted by Crippen LogP contribution is -2.43. The number of nitrogens with zero attached hydrogens (tertiary/aromatic N) is 2. The van der Waals surface area contributed by atoms with E-state index in [0.717, 1.165) is 30.3 Å². The molecule has 0 spiro atoms. The molecule has 4 rings (SSSR count). The van der Waals surface area contributed by atoms with Crippen molar-refractivity contribution in [2.24, 2.45) is 16.1 Å². The summed E-state index contributed by atoms with van der Waals surface area (Å²) in [6.07, 6.45) is 6.96. The van der Waals surface area contributed by atoms with Crippen LogP contribution in [0.15, 0.2) is 88.4 Å². The van der Waals surface area contributed by atoms with Crippen LogP contribution in [-0.2, 0) is 0 Å². The Labute approximate surface area is 184 Å². The Kier molecular flexibility index (Phi) is 6.07. The van der Waals surface area contributed by atoms with E-state index in [1.807, 2.05) is 12.2 Å². The van der Waals surface area contributed by atoms with E-state index in [9.17, 15) is 13.2 Å². The maximum Gasteiger partial charge on any atom is 0.159 e. The minimum absolute atomic E-state index is 0.308. The van der Waals surface area contributed by atoms with Gasteiger partial charge in [-0.05, 0) is 85.1 Å². The Morgan fingerprint density at radius 3 is 2.55 bits per heavy atom. The number of nitrogens with two attached hydrogens (primary N) is 1. The molecule has 1 atom stereocenters. The molecular weight excluding hydrogens is 419 g/mol. The number of hydrogen-bond acceptors (Lipinski definition) is 4. The van der Waals surface area contributed by atoms with Gasteiger partial charge in [0.1, 0.15) is 5.82 Å². The Balaban J connectivity index is 1.60. The summed E-state index contributed by atoms with van der Waals surface area (Å²) in [5.41, 5.74) is 9.12. The molecule has 1 saturated heterocycles. The first-order valence-corrected chi connectivity index (χ1v) is 10.7. The van der Waals surface area contributed by atoms with Crippen molar-refractivity contribution in [1.82, 2.24) is 4.31 Å². The number of allylic oxidation sites excluding steroid dienone is 2. The minimum Gasteiger partial charge on any atom is -0.404 e. The molecular formula is C24H22F3N3S. The van der Waals surface area contributed by atoms with Crippen molar-refractivity contribution in [2.75, 3.05) is 13.1 Å². The van der Waals surface area contributed by atoms with E-state index in [2.05, 4.69) is 15.9 Å². The largest absolute Gasteiger partial charge is 0.404 e. The van der Waals surface area contributed by atoms with Crippen LogP contribution in [0.4, 0.5) is 18.9 Å². The molecule has 1 heterocycles. The van der Waals surface area contributed by atoms with Crippen LogP contribution in [0.3, 0.4) is 0 Å². The van der Waals surface area contributed by atoms with Crippen molar-refractivity contribution in [3.63, 3.8) is 0 Å². The summed E-state index contributed by atoms with van der Waals surface area (Å²) in [5, 5.41) is 0. The number of piperidine rings is 1. The van der Waals surface area contributed by atoms with Gasteiger partial charge >= 0.3 is 0 Å². The summed E-state index contributed by atoms with van der Waals surface area (Å²) >= 11 is 1.41. The zero-order valence-electron chi connectivity index (χ0n) is 16.8. The van der Waals surface area contributed by atoms with Crippen molar-refractivity contribution in [3.8, 4) is 0 Å². The van der Waals surface area contributed by atoms with Crippen LogP contribution in [0.2, 0.25) is 0 Å². The average molecular weight is 442 g/mol. The molecule has 1 aliphatic carbocycles. The maximum absolute atomic E-state index is 13.6. The second kappa shape index (κ2) is 8.77. The smallest absolute Gasteiger partial charge is 0.159 e. The molecule has 1 fully saturated rings. The maximum atomic E-state index is 13.6. The molecule has 0 amide bonds. The third kappa shape index (κ3) is 4.48. The molecule has 3 nitrogen and oxygen atoms in total. The van der Waals surface area contributed by atoms with Crippen molar-refractivity contribution < 1.29 is 13.2 Å². The summed E-state index contributed by atoms with van der Waals surface area (Å²) in [6.45, 7) is 5.48. The summed E-state index contributed by atoms with van der Waals surface area (Å²) in [6, 6.07) is 9.95. The first-order valence-electron chi connectivity index (χ1n) is 9.90. The molecule has 0 bridgehead atoms. The van der Waals surface area contributed by atoms with E-state index in [4.69, 9.17) is 5.73 Å². The molecule has 2 aromatic rings. The second-order valence-corrected chi connectivity index (χ2v) is 8.82. The van der Waals surface area contributed by atoms with Crippen LogP contribution in [0.1, 0.15) is 12.8 Å². The first kappa shape index (κ1) is 21.5. The summed E-state index contributed by atoms with van der Waals surface area (Å²) < 4.78 is 42.2. The summed E-state index contributed by atoms with van der Waals surface area (Å²) in [4.78, 5) is 5.32. The van der Waals surface area contributed by atoms with E-state index in [1.54, 1.807) is 24.4 Å². The fourth-order valence-corrected chi connectivity index (χ4v) is 5.06. The summed E-state index contributed by atoms with van der Waals surface area (Å²) in [5.74, 6) is -2.01. The second-order valence-electron chi connectivity index (χ2n) is 7.65. The number of hydrogen-bond donors (Lipinski definition) is 1. The van der Waals surface area contributed by atoms with Crippen molar-refractivity contribution in [1.29, 1.82) is 0 Å². The average Bonchev–Trinajstić information content (AvgIpc) is 2.77. The molecule has 1 unspecified atom stereocenters.